The Morgan fingerprint density at radius 1 is 1.16 bits per heavy atom. The van der Waals surface area contributed by atoms with Crippen LogP contribution < -0.4 is 14.4 Å². The Bertz CT molecular complexity index is 1160. The number of carbonyl (C=O) groups is 1. The lowest BCUT2D eigenvalue weighted by Crippen LogP contribution is -2.27. The average molecular weight is 447 g/mol. The lowest BCUT2D eigenvalue weighted by Gasteiger charge is -2.22. The van der Waals surface area contributed by atoms with Crippen LogP contribution in [-0.4, -0.2) is 46.1 Å². The zero-order chi connectivity index (χ0) is 23.0. The molecule has 1 amide bonds. The molecule has 1 atom stereocenters. The molecule has 0 spiro atoms. The highest BCUT2D eigenvalue weighted by Gasteiger charge is 2.39. The maximum absolute atomic E-state index is 13.1. The lowest BCUT2D eigenvalue weighted by molar-refractivity contribution is -0.142. The Hall–Kier alpha value is -3.63. The van der Waals surface area contributed by atoms with Crippen LogP contribution in [0, 0.1) is 0 Å². The Labute approximate surface area is 181 Å². The van der Waals surface area contributed by atoms with Gasteiger partial charge in [0.05, 0.1) is 49.1 Å². The Balaban J connectivity index is 1.69. The van der Waals surface area contributed by atoms with Gasteiger partial charge in [-0.25, -0.2) is 9.97 Å². The van der Waals surface area contributed by atoms with E-state index in [-0.39, 0.29) is 5.91 Å². The summed E-state index contributed by atoms with van der Waals surface area (Å²) in [6.45, 7) is 0.653. The average Bonchev–Trinajstić information content (AvgIpc) is 3.32. The number of ether oxygens (including phenoxy) is 2. The van der Waals surface area contributed by atoms with Crippen LogP contribution in [0.3, 0.4) is 0 Å². The maximum Gasteiger partial charge on any atom is 0.408 e. The topological polar surface area (TPSA) is 82.4 Å². The van der Waals surface area contributed by atoms with Gasteiger partial charge in [-0.3, -0.25) is 14.4 Å². The molecule has 3 aromatic heterocycles. The summed E-state index contributed by atoms with van der Waals surface area (Å²) in [7, 11) is 2.99. The first kappa shape index (κ1) is 21.6. The van der Waals surface area contributed by atoms with E-state index < -0.39 is 18.8 Å². The van der Waals surface area contributed by atoms with Gasteiger partial charge in [0.2, 0.25) is 0 Å². The molecule has 32 heavy (non-hydrogen) atoms. The van der Waals surface area contributed by atoms with Crippen LogP contribution in [0.5, 0.6) is 11.6 Å². The molecule has 0 aromatic carbocycles. The first-order valence-corrected chi connectivity index (χ1v) is 9.77. The Morgan fingerprint density at radius 2 is 1.94 bits per heavy atom. The number of halogens is 3. The van der Waals surface area contributed by atoms with Crippen molar-refractivity contribution in [2.45, 2.75) is 32.1 Å². The summed E-state index contributed by atoms with van der Waals surface area (Å²) < 4.78 is 49.3. The van der Waals surface area contributed by atoms with Crippen molar-refractivity contribution >= 4 is 11.6 Å². The standard InChI is InChI=1S/C21H20F3N5O3/c1-4-16-18-14(20(30)29(16)13-9-26-28(10-13)11-21(22,23)24)5-6-15(27-18)12-7-17(31-2)19(32-3)25-8-12/h5-10,16H,4,11H2,1-3H3/t16-/m1/s1. The van der Waals surface area contributed by atoms with Crippen LogP contribution in [0.1, 0.15) is 35.4 Å². The fraction of sp³-hybridized carbons (Fsp3) is 0.333. The number of pyridine rings is 2. The summed E-state index contributed by atoms with van der Waals surface area (Å²) in [6, 6.07) is 4.66. The Morgan fingerprint density at radius 3 is 2.59 bits per heavy atom. The molecule has 4 heterocycles. The molecule has 1 aliphatic heterocycles. The molecule has 4 rings (SSSR count). The van der Waals surface area contributed by atoms with Crippen molar-refractivity contribution in [2.24, 2.45) is 0 Å². The van der Waals surface area contributed by atoms with Gasteiger partial charge in [-0.15, -0.1) is 0 Å². The SMILES string of the molecule is CC[C@@H]1c2nc(-c3cnc(OC)c(OC)c3)ccc2C(=O)N1c1cnn(CC(F)(F)F)c1. The van der Waals surface area contributed by atoms with E-state index in [9.17, 15) is 18.0 Å². The third-order valence-electron chi connectivity index (χ3n) is 5.15. The van der Waals surface area contributed by atoms with Crippen LogP contribution in [-0.2, 0) is 6.54 Å². The van der Waals surface area contributed by atoms with Gasteiger partial charge >= 0.3 is 6.18 Å². The molecule has 8 nitrogen and oxygen atoms in total. The minimum Gasteiger partial charge on any atom is -0.491 e. The van der Waals surface area contributed by atoms with Gasteiger partial charge in [0.25, 0.3) is 11.8 Å². The van der Waals surface area contributed by atoms with Crippen molar-refractivity contribution in [2.75, 3.05) is 19.1 Å². The van der Waals surface area contributed by atoms with Crippen molar-refractivity contribution in [3.8, 4) is 22.9 Å². The van der Waals surface area contributed by atoms with Gasteiger partial charge in [-0.1, -0.05) is 6.92 Å². The van der Waals surface area contributed by atoms with Crippen molar-refractivity contribution in [3.63, 3.8) is 0 Å². The number of hydrogen-bond donors (Lipinski definition) is 0. The third kappa shape index (κ3) is 3.85. The number of hydrogen-bond acceptors (Lipinski definition) is 6. The van der Waals surface area contributed by atoms with E-state index in [1.807, 2.05) is 6.92 Å². The molecule has 168 valence electrons. The number of fused-ring (bicyclic) bond motifs is 1. The van der Waals surface area contributed by atoms with E-state index >= 15 is 0 Å². The van der Waals surface area contributed by atoms with Crippen LogP contribution >= 0.6 is 0 Å². The predicted octanol–water partition coefficient (Wildman–Crippen LogP) is 4.03. The van der Waals surface area contributed by atoms with E-state index in [0.29, 0.717) is 46.3 Å². The van der Waals surface area contributed by atoms with E-state index in [0.717, 1.165) is 4.68 Å². The molecule has 0 saturated carbocycles. The van der Waals surface area contributed by atoms with Gasteiger partial charge in [-0.05, 0) is 24.6 Å². The minimum atomic E-state index is -4.41. The first-order chi connectivity index (χ1) is 15.3. The van der Waals surface area contributed by atoms with Crippen molar-refractivity contribution < 1.29 is 27.4 Å². The molecule has 11 heteroatoms. The number of nitrogens with zero attached hydrogens (tertiary/aromatic N) is 5. The second-order valence-electron chi connectivity index (χ2n) is 7.18. The highest BCUT2D eigenvalue weighted by Crippen LogP contribution is 2.40. The number of aromatic nitrogens is 4. The van der Waals surface area contributed by atoms with Crippen molar-refractivity contribution in [1.82, 2.24) is 19.7 Å². The van der Waals surface area contributed by atoms with E-state index in [2.05, 4.69) is 10.1 Å². The second kappa shape index (κ2) is 8.13. The fourth-order valence-corrected chi connectivity index (χ4v) is 3.76. The number of carbonyl (C=O) groups excluding carboxylic acids is 1. The van der Waals surface area contributed by atoms with Crippen LogP contribution in [0.15, 0.2) is 36.8 Å². The van der Waals surface area contributed by atoms with Gasteiger partial charge in [0.15, 0.2) is 5.75 Å². The normalized spacial score (nSPS) is 15.8. The molecule has 0 N–H and O–H groups in total. The van der Waals surface area contributed by atoms with E-state index in [4.69, 9.17) is 14.5 Å². The largest absolute Gasteiger partial charge is 0.491 e. The van der Waals surface area contributed by atoms with E-state index in [1.165, 1.54) is 31.5 Å². The fourth-order valence-electron chi connectivity index (χ4n) is 3.76. The molecule has 0 aliphatic carbocycles. The molecular formula is C21H20F3N5O3. The number of rotatable bonds is 6. The first-order valence-electron chi connectivity index (χ1n) is 9.77. The summed E-state index contributed by atoms with van der Waals surface area (Å²) in [5.74, 6) is 0.443. The maximum atomic E-state index is 13.1. The summed E-state index contributed by atoms with van der Waals surface area (Å²) >= 11 is 0. The number of anilines is 1. The van der Waals surface area contributed by atoms with Crippen LogP contribution in [0.4, 0.5) is 18.9 Å². The van der Waals surface area contributed by atoms with Gasteiger partial charge in [-0.2, -0.15) is 18.3 Å². The molecule has 0 fully saturated rings. The van der Waals surface area contributed by atoms with Gasteiger partial charge in [0.1, 0.15) is 6.54 Å². The molecule has 3 aromatic rings. The van der Waals surface area contributed by atoms with Crippen molar-refractivity contribution in [3.05, 3.63) is 48.0 Å². The van der Waals surface area contributed by atoms with Crippen LogP contribution in [0.25, 0.3) is 11.3 Å². The number of amides is 1. The highest BCUT2D eigenvalue weighted by atomic mass is 19.4. The zero-order valence-corrected chi connectivity index (χ0v) is 17.6. The highest BCUT2D eigenvalue weighted by molar-refractivity contribution is 6.10. The number of methoxy groups -OCH3 is 2. The summed E-state index contributed by atoms with van der Waals surface area (Å²) in [5.41, 5.74) is 2.49. The Kier molecular flexibility index (Phi) is 5.49. The summed E-state index contributed by atoms with van der Waals surface area (Å²) in [4.78, 5) is 23.4. The second-order valence-corrected chi connectivity index (χ2v) is 7.18. The molecule has 0 unspecified atom stereocenters. The van der Waals surface area contributed by atoms with Crippen molar-refractivity contribution in [1.29, 1.82) is 0 Å². The van der Waals surface area contributed by atoms with E-state index in [1.54, 1.807) is 24.4 Å². The molecular weight excluding hydrogens is 427 g/mol. The van der Waals surface area contributed by atoms with Gasteiger partial charge in [0, 0.05) is 18.0 Å². The number of alkyl halides is 3. The predicted molar refractivity (Wildman–Crippen MR) is 109 cm³/mol. The monoisotopic (exact) mass is 447 g/mol. The lowest BCUT2D eigenvalue weighted by atomic mass is 10.1. The quantitative estimate of drug-likeness (QED) is 0.568. The third-order valence-corrected chi connectivity index (χ3v) is 5.15. The van der Waals surface area contributed by atoms with Gasteiger partial charge < -0.3 is 9.47 Å². The molecule has 1 aliphatic rings. The van der Waals surface area contributed by atoms with Crippen LogP contribution in [0.2, 0.25) is 0 Å². The molecule has 0 radical (unpaired) electrons. The molecule has 0 bridgehead atoms. The summed E-state index contributed by atoms with van der Waals surface area (Å²) in [5, 5.41) is 3.76. The smallest absolute Gasteiger partial charge is 0.408 e. The zero-order valence-electron chi connectivity index (χ0n) is 17.6. The minimum absolute atomic E-state index is 0.290. The molecule has 0 saturated heterocycles. The summed E-state index contributed by atoms with van der Waals surface area (Å²) in [6.07, 6.45) is 0.183.